The van der Waals surface area contributed by atoms with E-state index in [1.807, 2.05) is 0 Å². The zero-order valence-corrected chi connectivity index (χ0v) is 10.4. The van der Waals surface area contributed by atoms with E-state index in [1.165, 1.54) is 12.1 Å². The number of nitriles is 1. The van der Waals surface area contributed by atoms with Crippen LogP contribution in [0, 0.1) is 17.2 Å². The maximum absolute atomic E-state index is 11.8. The van der Waals surface area contributed by atoms with Gasteiger partial charge in [0.2, 0.25) is 0 Å². The molecule has 5 nitrogen and oxygen atoms in total. The summed E-state index contributed by atoms with van der Waals surface area (Å²) in [5, 5.41) is 12.5. The molecule has 18 heavy (non-hydrogen) atoms. The molecule has 1 unspecified atom stereocenters. The van der Waals surface area contributed by atoms with E-state index in [0.29, 0.717) is 18.6 Å². The molecular weight excluding hydrogens is 252 g/mol. The molecule has 1 atom stereocenters. The van der Waals surface area contributed by atoms with Gasteiger partial charge in [-0.1, -0.05) is 23.4 Å². The van der Waals surface area contributed by atoms with Crippen LogP contribution in [0.25, 0.3) is 0 Å². The number of oxime groups is 1. The van der Waals surface area contributed by atoms with E-state index in [0.717, 1.165) is 6.42 Å². The summed E-state index contributed by atoms with van der Waals surface area (Å²) in [5.74, 6) is -0.323. The molecule has 0 heterocycles. The summed E-state index contributed by atoms with van der Waals surface area (Å²) in [6, 6.07) is 9.89. The fraction of sp³-hybridized carbons (Fsp3) is 0.333. The number of benzene rings is 1. The lowest BCUT2D eigenvalue weighted by molar-refractivity contribution is 0.336. The molecule has 0 N–H and O–H groups in total. The van der Waals surface area contributed by atoms with Gasteiger partial charge in [0.25, 0.3) is 0 Å². The van der Waals surface area contributed by atoms with Crippen LogP contribution >= 0.6 is 0 Å². The largest absolute Gasteiger partial charge is 0.358 e. The molecule has 0 bridgehead atoms. The van der Waals surface area contributed by atoms with E-state index in [1.54, 1.807) is 18.2 Å². The second kappa shape index (κ2) is 5.19. The molecule has 0 aliphatic heterocycles. The smallest absolute Gasteiger partial charge is 0.265 e. The van der Waals surface area contributed by atoms with Gasteiger partial charge in [-0.05, 0) is 31.4 Å². The molecule has 0 aromatic heterocycles. The minimum absolute atomic E-state index is 0.0563. The van der Waals surface area contributed by atoms with Gasteiger partial charge >= 0.3 is 10.1 Å². The summed E-state index contributed by atoms with van der Waals surface area (Å²) < 4.78 is 28.2. The first-order chi connectivity index (χ1) is 8.63. The van der Waals surface area contributed by atoms with Crippen molar-refractivity contribution in [2.24, 2.45) is 11.1 Å². The van der Waals surface area contributed by atoms with Crippen LogP contribution < -0.4 is 0 Å². The van der Waals surface area contributed by atoms with Gasteiger partial charge in [-0.3, -0.25) is 4.28 Å². The first-order valence-electron chi connectivity index (χ1n) is 5.58. The second-order valence-electron chi connectivity index (χ2n) is 4.00. The zero-order valence-electron chi connectivity index (χ0n) is 9.61. The number of hydrogen-bond donors (Lipinski definition) is 0. The molecule has 0 spiro atoms. The third-order valence-corrected chi connectivity index (χ3v) is 3.89. The highest BCUT2D eigenvalue weighted by Gasteiger charge is 2.24. The predicted molar refractivity (Wildman–Crippen MR) is 65.1 cm³/mol. The number of hydrogen-bond acceptors (Lipinski definition) is 5. The lowest BCUT2D eigenvalue weighted by Gasteiger charge is -2.03. The molecular formula is C12H12N2O3S. The van der Waals surface area contributed by atoms with Crippen molar-refractivity contribution >= 4 is 15.8 Å². The molecule has 1 aliphatic carbocycles. The van der Waals surface area contributed by atoms with Crippen LogP contribution in [0.15, 0.2) is 40.4 Å². The van der Waals surface area contributed by atoms with Crippen LogP contribution in [0.3, 0.4) is 0 Å². The highest BCUT2D eigenvalue weighted by atomic mass is 32.2. The summed E-state index contributed by atoms with van der Waals surface area (Å²) >= 11 is 0. The van der Waals surface area contributed by atoms with Crippen molar-refractivity contribution in [2.75, 3.05) is 0 Å². The minimum atomic E-state index is -3.88. The van der Waals surface area contributed by atoms with Crippen molar-refractivity contribution in [3.63, 3.8) is 0 Å². The van der Waals surface area contributed by atoms with E-state index >= 15 is 0 Å². The van der Waals surface area contributed by atoms with Crippen molar-refractivity contribution in [3.05, 3.63) is 30.3 Å². The standard InChI is InChI=1S/C12H12N2O3S/c13-9-10-5-4-8-12(10)14-17-18(15,16)11-6-2-1-3-7-11/h1-3,6-7,10H,4-5,8H2. The average molecular weight is 264 g/mol. The van der Waals surface area contributed by atoms with Gasteiger partial charge in [0.1, 0.15) is 4.90 Å². The van der Waals surface area contributed by atoms with Gasteiger partial charge < -0.3 is 0 Å². The van der Waals surface area contributed by atoms with Crippen molar-refractivity contribution in [2.45, 2.75) is 24.2 Å². The fourth-order valence-corrected chi connectivity index (χ4v) is 2.57. The van der Waals surface area contributed by atoms with Crippen molar-refractivity contribution in [1.82, 2.24) is 0 Å². The molecule has 0 radical (unpaired) electrons. The van der Waals surface area contributed by atoms with Crippen molar-refractivity contribution in [1.29, 1.82) is 5.26 Å². The van der Waals surface area contributed by atoms with Gasteiger partial charge in [0.05, 0.1) is 17.7 Å². The van der Waals surface area contributed by atoms with Crippen molar-refractivity contribution < 1.29 is 12.7 Å². The SMILES string of the molecule is N#CC1CCCC1=NOS(=O)(=O)c1ccccc1. The Bertz CT molecular complexity index is 587. The first-order valence-corrected chi connectivity index (χ1v) is 6.99. The van der Waals surface area contributed by atoms with E-state index in [4.69, 9.17) is 5.26 Å². The Morgan fingerprint density at radius 3 is 2.72 bits per heavy atom. The molecule has 0 amide bonds. The molecule has 1 saturated carbocycles. The van der Waals surface area contributed by atoms with E-state index < -0.39 is 10.1 Å². The summed E-state index contributed by atoms with van der Waals surface area (Å²) in [6.45, 7) is 0. The highest BCUT2D eigenvalue weighted by Crippen LogP contribution is 2.23. The zero-order chi connectivity index (χ0) is 13.0. The molecule has 0 saturated heterocycles. The number of rotatable bonds is 3. The van der Waals surface area contributed by atoms with Crippen LogP contribution in [0.2, 0.25) is 0 Å². The van der Waals surface area contributed by atoms with Crippen LogP contribution in [-0.4, -0.2) is 14.1 Å². The Hall–Kier alpha value is -1.87. The predicted octanol–water partition coefficient (Wildman–Crippen LogP) is 2.07. The van der Waals surface area contributed by atoms with E-state index in [2.05, 4.69) is 15.5 Å². The molecule has 1 aromatic rings. The summed E-state index contributed by atoms with van der Waals surface area (Å²) in [7, 11) is -3.88. The normalized spacial score (nSPS) is 21.7. The van der Waals surface area contributed by atoms with Crippen LogP contribution in [-0.2, 0) is 14.4 Å². The molecule has 1 aromatic carbocycles. The number of nitrogens with zero attached hydrogens (tertiary/aromatic N) is 2. The maximum Gasteiger partial charge on any atom is 0.358 e. The van der Waals surface area contributed by atoms with Crippen molar-refractivity contribution in [3.8, 4) is 6.07 Å². The first kappa shape index (κ1) is 12.6. The molecule has 6 heteroatoms. The maximum atomic E-state index is 11.8. The Kier molecular flexibility index (Phi) is 3.63. The fourth-order valence-electron chi connectivity index (χ4n) is 1.80. The summed E-state index contributed by atoms with van der Waals surface area (Å²) in [4.78, 5) is 0.0563. The molecule has 1 fully saturated rings. The van der Waals surface area contributed by atoms with Gasteiger partial charge in [0, 0.05) is 0 Å². The van der Waals surface area contributed by atoms with Gasteiger partial charge in [-0.2, -0.15) is 13.7 Å². The highest BCUT2D eigenvalue weighted by molar-refractivity contribution is 7.86. The molecule has 1 aliphatic rings. The van der Waals surface area contributed by atoms with E-state index in [-0.39, 0.29) is 10.8 Å². The van der Waals surface area contributed by atoms with Crippen LogP contribution in [0.4, 0.5) is 0 Å². The molecule has 94 valence electrons. The monoisotopic (exact) mass is 264 g/mol. The minimum Gasteiger partial charge on any atom is -0.265 e. The Morgan fingerprint density at radius 1 is 1.33 bits per heavy atom. The van der Waals surface area contributed by atoms with Crippen LogP contribution in [0.1, 0.15) is 19.3 Å². The average Bonchev–Trinajstić information content (AvgIpc) is 2.85. The van der Waals surface area contributed by atoms with Crippen LogP contribution in [0.5, 0.6) is 0 Å². The quantitative estimate of drug-likeness (QED) is 0.783. The Labute approximate surface area is 106 Å². The summed E-state index contributed by atoms with van der Waals surface area (Å²) in [6.07, 6.45) is 2.17. The van der Waals surface area contributed by atoms with Gasteiger partial charge in [0.15, 0.2) is 0 Å². The van der Waals surface area contributed by atoms with Gasteiger partial charge in [-0.25, -0.2) is 0 Å². The molecule has 2 rings (SSSR count). The Balaban J connectivity index is 2.16. The lowest BCUT2D eigenvalue weighted by atomic mass is 10.1. The van der Waals surface area contributed by atoms with E-state index in [9.17, 15) is 8.42 Å². The summed E-state index contributed by atoms with van der Waals surface area (Å²) in [5.41, 5.74) is 0.511. The Morgan fingerprint density at radius 2 is 2.06 bits per heavy atom. The lowest BCUT2D eigenvalue weighted by Crippen LogP contribution is -2.08. The second-order valence-corrected chi connectivity index (χ2v) is 5.53. The third kappa shape index (κ3) is 2.68. The van der Waals surface area contributed by atoms with Gasteiger partial charge in [-0.15, -0.1) is 0 Å². The topological polar surface area (TPSA) is 79.5 Å². The third-order valence-electron chi connectivity index (χ3n) is 2.77.